The summed E-state index contributed by atoms with van der Waals surface area (Å²) in [5, 5.41) is 3.62. The summed E-state index contributed by atoms with van der Waals surface area (Å²) < 4.78 is 6.15. The molecule has 2 atom stereocenters. The highest BCUT2D eigenvalue weighted by Crippen LogP contribution is 2.45. The minimum atomic E-state index is 0.293. The van der Waals surface area contributed by atoms with Crippen LogP contribution < -0.4 is 5.32 Å². The smallest absolute Gasteiger partial charge is 0.0685 e. The van der Waals surface area contributed by atoms with E-state index in [9.17, 15) is 0 Å². The normalized spacial score (nSPS) is 34.8. The van der Waals surface area contributed by atoms with Crippen molar-refractivity contribution >= 4 is 0 Å². The maximum Gasteiger partial charge on any atom is 0.0685 e. The number of ether oxygens (including phenoxy) is 1. The van der Waals surface area contributed by atoms with Gasteiger partial charge in [-0.1, -0.05) is 19.3 Å². The molecule has 1 saturated heterocycles. The Hall–Kier alpha value is -0.0800. The molecule has 2 heteroatoms. The van der Waals surface area contributed by atoms with Gasteiger partial charge in [0.25, 0.3) is 0 Å². The molecule has 98 valence electrons. The van der Waals surface area contributed by atoms with Crippen LogP contribution in [-0.2, 0) is 4.74 Å². The van der Waals surface area contributed by atoms with Crippen LogP contribution in [0, 0.1) is 11.8 Å². The summed E-state index contributed by atoms with van der Waals surface area (Å²) >= 11 is 0. The monoisotopic (exact) mass is 237 g/mol. The average Bonchev–Trinajstić information content (AvgIpc) is 2.71. The van der Waals surface area contributed by atoms with Crippen LogP contribution in [0.4, 0.5) is 0 Å². The Labute approximate surface area is 105 Å². The molecule has 1 spiro atoms. The van der Waals surface area contributed by atoms with Crippen LogP contribution in [0.2, 0.25) is 0 Å². The fourth-order valence-corrected chi connectivity index (χ4v) is 4.40. The zero-order valence-electron chi connectivity index (χ0n) is 11.2. The lowest BCUT2D eigenvalue weighted by atomic mass is 9.70. The predicted molar refractivity (Wildman–Crippen MR) is 70.1 cm³/mol. The molecule has 0 bridgehead atoms. The van der Waals surface area contributed by atoms with E-state index in [0.29, 0.717) is 5.60 Å². The Morgan fingerprint density at radius 3 is 2.41 bits per heavy atom. The zero-order valence-corrected chi connectivity index (χ0v) is 11.2. The molecule has 3 rings (SSSR count). The molecular weight excluding hydrogens is 210 g/mol. The predicted octanol–water partition coefficient (Wildman–Crippen LogP) is 3.11. The van der Waals surface area contributed by atoms with Crippen molar-refractivity contribution in [2.24, 2.45) is 11.8 Å². The van der Waals surface area contributed by atoms with Gasteiger partial charge < -0.3 is 10.1 Å². The molecule has 1 aliphatic heterocycles. The van der Waals surface area contributed by atoms with Crippen LogP contribution in [0.1, 0.15) is 57.8 Å². The largest absolute Gasteiger partial charge is 0.375 e. The maximum absolute atomic E-state index is 6.15. The van der Waals surface area contributed by atoms with E-state index in [1.54, 1.807) is 0 Å². The first kappa shape index (κ1) is 12.0. The molecule has 0 radical (unpaired) electrons. The zero-order chi connectivity index (χ0) is 11.7. The van der Waals surface area contributed by atoms with E-state index < -0.39 is 0 Å². The third-order valence-electron chi connectivity index (χ3n) is 5.54. The highest BCUT2D eigenvalue weighted by molar-refractivity contribution is 4.96. The summed E-state index contributed by atoms with van der Waals surface area (Å²) in [6.07, 6.45) is 12.4. The molecule has 2 unspecified atom stereocenters. The fourth-order valence-electron chi connectivity index (χ4n) is 4.40. The minimum absolute atomic E-state index is 0.293. The Bertz CT molecular complexity index is 256. The SMILES string of the molecule is CNC(C1CCC1)C1CCOC2(CCCC2)C1. The van der Waals surface area contributed by atoms with Gasteiger partial charge in [0.15, 0.2) is 0 Å². The van der Waals surface area contributed by atoms with Gasteiger partial charge in [0.2, 0.25) is 0 Å². The van der Waals surface area contributed by atoms with Crippen molar-refractivity contribution < 1.29 is 4.74 Å². The molecule has 1 heterocycles. The third-order valence-corrected chi connectivity index (χ3v) is 5.54. The summed E-state index contributed by atoms with van der Waals surface area (Å²) in [6.45, 7) is 1.01. The summed E-state index contributed by atoms with van der Waals surface area (Å²) in [5.74, 6) is 1.83. The number of hydrogen-bond acceptors (Lipinski definition) is 2. The van der Waals surface area contributed by atoms with Gasteiger partial charge in [-0.25, -0.2) is 0 Å². The van der Waals surface area contributed by atoms with E-state index in [2.05, 4.69) is 12.4 Å². The van der Waals surface area contributed by atoms with Gasteiger partial charge in [0.1, 0.15) is 0 Å². The molecule has 0 aromatic heterocycles. The van der Waals surface area contributed by atoms with Gasteiger partial charge in [-0.3, -0.25) is 0 Å². The van der Waals surface area contributed by atoms with Crippen molar-refractivity contribution in [2.45, 2.75) is 69.4 Å². The van der Waals surface area contributed by atoms with Crippen LogP contribution in [0.5, 0.6) is 0 Å². The van der Waals surface area contributed by atoms with E-state index in [-0.39, 0.29) is 0 Å². The lowest BCUT2D eigenvalue weighted by Crippen LogP contribution is -2.49. The second-order valence-electron chi connectivity index (χ2n) is 6.50. The molecule has 3 aliphatic rings. The molecule has 2 nitrogen and oxygen atoms in total. The van der Waals surface area contributed by atoms with Gasteiger partial charge >= 0.3 is 0 Å². The Balaban J connectivity index is 1.65. The summed E-state index contributed by atoms with van der Waals surface area (Å²) in [7, 11) is 2.17. The standard InChI is InChI=1S/C15H27NO/c1-16-14(12-5-4-6-12)13-7-10-17-15(11-13)8-2-3-9-15/h12-14,16H,2-11H2,1H3. The molecule has 2 saturated carbocycles. The molecular formula is C15H27NO. The minimum Gasteiger partial charge on any atom is -0.375 e. The maximum atomic E-state index is 6.15. The summed E-state index contributed by atoms with van der Waals surface area (Å²) in [6, 6.07) is 0.769. The van der Waals surface area contributed by atoms with Gasteiger partial charge in [0.05, 0.1) is 5.60 Å². The Kier molecular flexibility index (Phi) is 3.45. The number of nitrogens with one attached hydrogen (secondary N) is 1. The quantitative estimate of drug-likeness (QED) is 0.814. The van der Waals surface area contributed by atoms with Gasteiger partial charge in [-0.05, 0) is 57.4 Å². The van der Waals surface area contributed by atoms with E-state index in [0.717, 1.165) is 24.5 Å². The first-order chi connectivity index (χ1) is 8.33. The summed E-state index contributed by atoms with van der Waals surface area (Å²) in [4.78, 5) is 0. The average molecular weight is 237 g/mol. The highest BCUT2D eigenvalue weighted by Gasteiger charge is 2.43. The van der Waals surface area contributed by atoms with Crippen LogP contribution in [-0.4, -0.2) is 25.3 Å². The van der Waals surface area contributed by atoms with Crippen LogP contribution in [0.3, 0.4) is 0 Å². The first-order valence-electron chi connectivity index (χ1n) is 7.64. The molecule has 1 N–H and O–H groups in total. The van der Waals surface area contributed by atoms with E-state index >= 15 is 0 Å². The van der Waals surface area contributed by atoms with Crippen LogP contribution in [0.15, 0.2) is 0 Å². The van der Waals surface area contributed by atoms with E-state index in [4.69, 9.17) is 4.74 Å². The van der Waals surface area contributed by atoms with Crippen molar-refractivity contribution in [3.63, 3.8) is 0 Å². The molecule has 2 aliphatic carbocycles. The van der Waals surface area contributed by atoms with E-state index in [1.165, 1.54) is 57.8 Å². The lowest BCUT2D eigenvalue weighted by Gasteiger charge is -2.45. The van der Waals surface area contributed by atoms with Gasteiger partial charge in [-0.2, -0.15) is 0 Å². The Morgan fingerprint density at radius 1 is 1.06 bits per heavy atom. The second kappa shape index (κ2) is 4.89. The topological polar surface area (TPSA) is 21.3 Å². The molecule has 0 aromatic carbocycles. The van der Waals surface area contributed by atoms with Crippen molar-refractivity contribution in [1.29, 1.82) is 0 Å². The lowest BCUT2D eigenvalue weighted by molar-refractivity contribution is -0.102. The van der Waals surface area contributed by atoms with Crippen molar-refractivity contribution in [2.75, 3.05) is 13.7 Å². The Morgan fingerprint density at radius 2 is 1.82 bits per heavy atom. The molecule has 0 amide bonds. The van der Waals surface area contributed by atoms with Crippen LogP contribution in [0.25, 0.3) is 0 Å². The first-order valence-corrected chi connectivity index (χ1v) is 7.64. The molecule has 3 fully saturated rings. The van der Waals surface area contributed by atoms with Crippen molar-refractivity contribution in [3.05, 3.63) is 0 Å². The fraction of sp³-hybridized carbons (Fsp3) is 1.00. The third kappa shape index (κ3) is 2.26. The van der Waals surface area contributed by atoms with Gasteiger partial charge in [0, 0.05) is 12.6 Å². The van der Waals surface area contributed by atoms with E-state index in [1.807, 2.05) is 0 Å². The van der Waals surface area contributed by atoms with Crippen molar-refractivity contribution in [1.82, 2.24) is 5.32 Å². The second-order valence-corrected chi connectivity index (χ2v) is 6.50. The summed E-state index contributed by atoms with van der Waals surface area (Å²) in [5.41, 5.74) is 0.293. The van der Waals surface area contributed by atoms with Crippen LogP contribution >= 0.6 is 0 Å². The van der Waals surface area contributed by atoms with Gasteiger partial charge in [-0.15, -0.1) is 0 Å². The molecule has 17 heavy (non-hydrogen) atoms. The van der Waals surface area contributed by atoms with Crippen molar-refractivity contribution in [3.8, 4) is 0 Å². The number of hydrogen-bond donors (Lipinski definition) is 1. The number of rotatable bonds is 3. The molecule has 0 aromatic rings. The highest BCUT2D eigenvalue weighted by atomic mass is 16.5.